The van der Waals surface area contributed by atoms with Crippen LogP contribution in [0.3, 0.4) is 0 Å². The average Bonchev–Trinajstić information content (AvgIpc) is 2.55. The molecule has 4 nitrogen and oxygen atoms in total. The van der Waals surface area contributed by atoms with Crippen molar-refractivity contribution >= 4 is 34.8 Å². The van der Waals surface area contributed by atoms with Crippen LogP contribution in [-0.4, -0.2) is 15.9 Å². The summed E-state index contributed by atoms with van der Waals surface area (Å²) in [6.45, 7) is 0. The molecule has 1 amide bonds. The van der Waals surface area contributed by atoms with Crippen LogP contribution < -0.4 is 5.32 Å². The molecule has 0 fully saturated rings. The minimum absolute atomic E-state index is 0.166. The second kappa shape index (κ2) is 6.77. The van der Waals surface area contributed by atoms with Crippen molar-refractivity contribution < 1.29 is 4.79 Å². The molecule has 1 N–H and O–H groups in total. The van der Waals surface area contributed by atoms with E-state index in [1.165, 1.54) is 6.07 Å². The van der Waals surface area contributed by atoms with E-state index in [2.05, 4.69) is 15.3 Å². The minimum atomic E-state index is -0.166. The number of aromatic nitrogens is 2. The number of hydrogen-bond donors (Lipinski definition) is 1. The Labute approximate surface area is 143 Å². The van der Waals surface area contributed by atoms with Gasteiger partial charge in [-0.3, -0.25) is 4.79 Å². The standard InChI is InChI=1S/C17H11Cl2N3O/c18-14-10-15(19)22-16(21-14)11-6-8-13(9-7-11)20-17(23)12-4-2-1-3-5-12/h1-10H,(H,20,23). The third-order valence-corrected chi connectivity index (χ3v) is 3.49. The Morgan fingerprint density at radius 1 is 0.870 bits per heavy atom. The van der Waals surface area contributed by atoms with Crippen molar-refractivity contribution in [3.63, 3.8) is 0 Å². The fraction of sp³-hybridized carbons (Fsp3) is 0. The second-order valence-corrected chi connectivity index (χ2v) is 5.51. The monoisotopic (exact) mass is 343 g/mol. The van der Waals surface area contributed by atoms with Crippen LogP contribution in [0.4, 0.5) is 5.69 Å². The highest BCUT2D eigenvalue weighted by Gasteiger charge is 2.07. The molecule has 0 unspecified atom stereocenters. The number of anilines is 1. The fourth-order valence-electron chi connectivity index (χ4n) is 2.01. The zero-order chi connectivity index (χ0) is 16.2. The van der Waals surface area contributed by atoms with Gasteiger partial charge in [-0.15, -0.1) is 0 Å². The number of nitrogens with zero attached hydrogens (tertiary/aromatic N) is 2. The summed E-state index contributed by atoms with van der Waals surface area (Å²) in [7, 11) is 0. The average molecular weight is 344 g/mol. The maximum atomic E-state index is 12.1. The van der Waals surface area contributed by atoms with Gasteiger partial charge in [-0.1, -0.05) is 41.4 Å². The molecule has 0 spiro atoms. The predicted octanol–water partition coefficient (Wildman–Crippen LogP) is 4.70. The normalized spacial score (nSPS) is 10.3. The molecule has 3 rings (SSSR count). The quantitative estimate of drug-likeness (QED) is 0.701. The van der Waals surface area contributed by atoms with Gasteiger partial charge >= 0.3 is 0 Å². The number of carbonyl (C=O) groups excluding carboxylic acids is 1. The van der Waals surface area contributed by atoms with Crippen molar-refractivity contribution in [1.29, 1.82) is 0 Å². The van der Waals surface area contributed by atoms with Gasteiger partial charge in [0, 0.05) is 22.9 Å². The van der Waals surface area contributed by atoms with E-state index < -0.39 is 0 Å². The number of amides is 1. The van der Waals surface area contributed by atoms with Crippen LogP contribution in [0.1, 0.15) is 10.4 Å². The Morgan fingerprint density at radius 3 is 2.09 bits per heavy atom. The molecule has 0 saturated carbocycles. The predicted molar refractivity (Wildman–Crippen MR) is 91.9 cm³/mol. The largest absolute Gasteiger partial charge is 0.322 e. The molecule has 0 aliphatic rings. The van der Waals surface area contributed by atoms with Gasteiger partial charge in [-0.25, -0.2) is 9.97 Å². The first-order chi connectivity index (χ1) is 11.1. The third-order valence-electron chi connectivity index (χ3n) is 3.10. The van der Waals surface area contributed by atoms with E-state index in [1.807, 2.05) is 18.2 Å². The molecule has 114 valence electrons. The van der Waals surface area contributed by atoms with Crippen LogP contribution in [0, 0.1) is 0 Å². The summed E-state index contributed by atoms with van der Waals surface area (Å²) >= 11 is 11.8. The van der Waals surface area contributed by atoms with E-state index in [-0.39, 0.29) is 16.2 Å². The highest BCUT2D eigenvalue weighted by molar-refractivity contribution is 6.33. The van der Waals surface area contributed by atoms with Crippen LogP contribution in [0.25, 0.3) is 11.4 Å². The van der Waals surface area contributed by atoms with Crippen molar-refractivity contribution in [3.05, 3.63) is 76.5 Å². The molecule has 0 radical (unpaired) electrons. The zero-order valence-corrected chi connectivity index (χ0v) is 13.3. The molecule has 0 aliphatic heterocycles. The molecule has 0 bridgehead atoms. The molecule has 3 aromatic rings. The number of hydrogen-bond acceptors (Lipinski definition) is 3. The summed E-state index contributed by atoms with van der Waals surface area (Å²) < 4.78 is 0. The Bertz CT molecular complexity index is 816. The summed E-state index contributed by atoms with van der Waals surface area (Å²) in [5.41, 5.74) is 2.03. The number of benzene rings is 2. The molecule has 2 aromatic carbocycles. The van der Waals surface area contributed by atoms with Gasteiger partial charge in [0.15, 0.2) is 5.82 Å². The summed E-state index contributed by atoms with van der Waals surface area (Å²) in [5, 5.41) is 3.39. The summed E-state index contributed by atoms with van der Waals surface area (Å²) in [6, 6.07) is 17.6. The number of carbonyl (C=O) groups is 1. The lowest BCUT2D eigenvalue weighted by molar-refractivity contribution is 0.102. The van der Waals surface area contributed by atoms with Gasteiger partial charge < -0.3 is 5.32 Å². The second-order valence-electron chi connectivity index (χ2n) is 4.73. The van der Waals surface area contributed by atoms with Crippen molar-refractivity contribution in [2.45, 2.75) is 0 Å². The molecule has 1 aromatic heterocycles. The van der Waals surface area contributed by atoms with E-state index in [0.717, 1.165) is 5.56 Å². The highest BCUT2D eigenvalue weighted by atomic mass is 35.5. The summed E-state index contributed by atoms with van der Waals surface area (Å²) in [4.78, 5) is 20.3. The number of rotatable bonds is 3. The third kappa shape index (κ3) is 3.86. The first-order valence-electron chi connectivity index (χ1n) is 6.79. The zero-order valence-electron chi connectivity index (χ0n) is 11.8. The fourth-order valence-corrected chi connectivity index (χ4v) is 2.44. The van der Waals surface area contributed by atoms with Crippen molar-refractivity contribution in [2.24, 2.45) is 0 Å². The lowest BCUT2D eigenvalue weighted by Crippen LogP contribution is -2.11. The van der Waals surface area contributed by atoms with E-state index in [0.29, 0.717) is 17.1 Å². The van der Waals surface area contributed by atoms with Crippen LogP contribution in [0.15, 0.2) is 60.7 Å². The summed E-state index contributed by atoms with van der Waals surface area (Å²) in [5.74, 6) is 0.267. The smallest absolute Gasteiger partial charge is 0.255 e. The minimum Gasteiger partial charge on any atom is -0.322 e. The number of halogens is 2. The Hall–Kier alpha value is -2.43. The van der Waals surface area contributed by atoms with E-state index in [4.69, 9.17) is 23.2 Å². The maximum Gasteiger partial charge on any atom is 0.255 e. The molecule has 0 atom stereocenters. The van der Waals surface area contributed by atoms with Gasteiger partial charge in [-0.2, -0.15) is 0 Å². The van der Waals surface area contributed by atoms with E-state index in [9.17, 15) is 4.79 Å². The Morgan fingerprint density at radius 2 is 1.48 bits per heavy atom. The van der Waals surface area contributed by atoms with E-state index in [1.54, 1.807) is 36.4 Å². The Kier molecular flexibility index (Phi) is 4.55. The van der Waals surface area contributed by atoms with Gasteiger partial charge in [0.05, 0.1) is 0 Å². The van der Waals surface area contributed by atoms with Gasteiger partial charge in [0.25, 0.3) is 5.91 Å². The highest BCUT2D eigenvalue weighted by Crippen LogP contribution is 2.22. The Balaban J connectivity index is 1.78. The first kappa shape index (κ1) is 15.5. The molecule has 23 heavy (non-hydrogen) atoms. The first-order valence-corrected chi connectivity index (χ1v) is 7.54. The van der Waals surface area contributed by atoms with Gasteiger partial charge in [0.1, 0.15) is 10.3 Å². The van der Waals surface area contributed by atoms with Gasteiger partial charge in [0.2, 0.25) is 0 Å². The van der Waals surface area contributed by atoms with Crippen LogP contribution in [0.5, 0.6) is 0 Å². The van der Waals surface area contributed by atoms with Crippen LogP contribution >= 0.6 is 23.2 Å². The van der Waals surface area contributed by atoms with Crippen molar-refractivity contribution in [1.82, 2.24) is 9.97 Å². The summed E-state index contributed by atoms with van der Waals surface area (Å²) in [6.07, 6.45) is 0. The van der Waals surface area contributed by atoms with Crippen molar-refractivity contribution in [2.75, 3.05) is 5.32 Å². The molecule has 1 heterocycles. The molecule has 0 aliphatic carbocycles. The van der Waals surface area contributed by atoms with Crippen molar-refractivity contribution in [3.8, 4) is 11.4 Å². The molecule has 6 heteroatoms. The molecule has 0 saturated heterocycles. The number of nitrogens with one attached hydrogen (secondary N) is 1. The van der Waals surface area contributed by atoms with Crippen LogP contribution in [-0.2, 0) is 0 Å². The topological polar surface area (TPSA) is 54.9 Å². The van der Waals surface area contributed by atoms with Crippen LogP contribution in [0.2, 0.25) is 10.3 Å². The lowest BCUT2D eigenvalue weighted by atomic mass is 10.1. The molecular formula is C17H11Cl2N3O. The maximum absolute atomic E-state index is 12.1. The van der Waals surface area contributed by atoms with E-state index >= 15 is 0 Å². The van der Waals surface area contributed by atoms with Gasteiger partial charge in [-0.05, 0) is 36.4 Å². The molecular weight excluding hydrogens is 333 g/mol. The SMILES string of the molecule is O=C(Nc1ccc(-c2nc(Cl)cc(Cl)n2)cc1)c1ccccc1. The lowest BCUT2D eigenvalue weighted by Gasteiger charge is -2.06.